The quantitative estimate of drug-likeness (QED) is 0.833. The molecular weight excluding hydrogens is 277 g/mol. The molecule has 1 saturated heterocycles. The van der Waals surface area contributed by atoms with Crippen LogP contribution in [0.1, 0.15) is 12.0 Å². The molecule has 2 aliphatic heterocycles. The number of benzene rings is 1. The Kier molecular flexibility index (Phi) is 3.82. The van der Waals surface area contributed by atoms with Crippen LogP contribution >= 0.6 is 0 Å². The highest BCUT2D eigenvalue weighted by atomic mass is 19.1. The molecule has 1 N–H and O–H groups in total. The van der Waals surface area contributed by atoms with Crippen LogP contribution in [0.2, 0.25) is 0 Å². The Morgan fingerprint density at radius 3 is 3.14 bits per heavy atom. The van der Waals surface area contributed by atoms with E-state index >= 15 is 0 Å². The van der Waals surface area contributed by atoms with Gasteiger partial charge in [-0.3, -0.25) is 9.69 Å². The number of nitrogens with zero attached hydrogens (tertiary/aromatic N) is 1. The molecule has 0 bridgehead atoms. The normalized spacial score (nSPS) is 28.2. The summed E-state index contributed by atoms with van der Waals surface area (Å²) in [6, 6.07) is 4.04. The van der Waals surface area contributed by atoms with Crippen LogP contribution in [0, 0.1) is 5.82 Å². The maximum Gasteiger partial charge on any atom is 0.323 e. The van der Waals surface area contributed by atoms with Gasteiger partial charge in [0.25, 0.3) is 0 Å². The lowest BCUT2D eigenvalue weighted by Crippen LogP contribution is -2.42. The molecule has 6 heteroatoms. The van der Waals surface area contributed by atoms with Crippen LogP contribution in [-0.4, -0.2) is 54.4 Å². The third-order valence-corrected chi connectivity index (χ3v) is 4.06. The van der Waals surface area contributed by atoms with E-state index in [1.54, 1.807) is 6.07 Å². The average molecular weight is 295 g/mol. The van der Waals surface area contributed by atoms with E-state index in [0.29, 0.717) is 31.7 Å². The highest BCUT2D eigenvalue weighted by molar-refractivity contribution is 5.76. The molecule has 2 aliphatic rings. The molecule has 3 atom stereocenters. The maximum absolute atomic E-state index is 13.2. The van der Waals surface area contributed by atoms with Gasteiger partial charge in [-0.05, 0) is 18.2 Å². The van der Waals surface area contributed by atoms with Crippen molar-refractivity contribution in [2.75, 3.05) is 20.2 Å². The molecule has 0 aliphatic carbocycles. The zero-order valence-corrected chi connectivity index (χ0v) is 11.8. The van der Waals surface area contributed by atoms with E-state index in [4.69, 9.17) is 9.47 Å². The second kappa shape index (κ2) is 5.61. The molecule has 0 saturated carbocycles. The number of β-amino-alcohol motifs (C(OH)–C–C–N with tert-alkyl or cyclic N) is 1. The first-order valence-electron chi connectivity index (χ1n) is 7.02. The number of aliphatic hydroxyl groups is 1. The highest BCUT2D eigenvalue weighted by Crippen LogP contribution is 2.31. The number of likely N-dealkylation sites (tertiary alicyclic amines) is 1. The predicted molar refractivity (Wildman–Crippen MR) is 72.5 cm³/mol. The van der Waals surface area contributed by atoms with Crippen LogP contribution in [0.25, 0.3) is 0 Å². The van der Waals surface area contributed by atoms with Gasteiger partial charge in [-0.15, -0.1) is 0 Å². The van der Waals surface area contributed by atoms with Gasteiger partial charge < -0.3 is 14.6 Å². The number of hydrogen-bond donors (Lipinski definition) is 1. The van der Waals surface area contributed by atoms with Crippen molar-refractivity contribution >= 4 is 5.97 Å². The van der Waals surface area contributed by atoms with Gasteiger partial charge in [0.05, 0.1) is 13.2 Å². The van der Waals surface area contributed by atoms with Gasteiger partial charge in [0.15, 0.2) is 0 Å². The molecule has 1 aromatic rings. The largest absolute Gasteiger partial charge is 0.488 e. The van der Waals surface area contributed by atoms with Crippen molar-refractivity contribution < 1.29 is 23.8 Å². The Labute approximate surface area is 122 Å². The summed E-state index contributed by atoms with van der Waals surface area (Å²) in [6.07, 6.45) is 0.309. The van der Waals surface area contributed by atoms with Crippen molar-refractivity contribution in [3.05, 3.63) is 29.6 Å². The summed E-state index contributed by atoms with van der Waals surface area (Å²) >= 11 is 0. The van der Waals surface area contributed by atoms with E-state index < -0.39 is 12.1 Å². The summed E-state index contributed by atoms with van der Waals surface area (Å²) in [6.45, 7) is 0.928. The molecule has 3 rings (SSSR count). The second-order valence-corrected chi connectivity index (χ2v) is 5.58. The van der Waals surface area contributed by atoms with Crippen molar-refractivity contribution in [1.29, 1.82) is 0 Å². The highest BCUT2D eigenvalue weighted by Gasteiger charge is 2.39. The molecule has 2 heterocycles. The third-order valence-electron chi connectivity index (χ3n) is 4.06. The molecule has 0 spiro atoms. The standard InChI is InChI=1S/C15H18FNO4/c1-20-15(19)13-6-11(18)7-17(13)8-12-5-9-4-10(16)2-3-14(9)21-12/h2-4,11-13,18H,5-8H2,1H3. The molecule has 5 nitrogen and oxygen atoms in total. The summed E-state index contributed by atoms with van der Waals surface area (Å²) in [5.41, 5.74) is 0.842. The number of aliphatic hydroxyl groups excluding tert-OH is 1. The zero-order valence-electron chi connectivity index (χ0n) is 11.8. The van der Waals surface area contributed by atoms with Gasteiger partial charge in [-0.2, -0.15) is 0 Å². The first kappa shape index (κ1) is 14.3. The average Bonchev–Trinajstić information content (AvgIpc) is 3.00. The first-order valence-corrected chi connectivity index (χ1v) is 7.02. The monoisotopic (exact) mass is 295 g/mol. The van der Waals surface area contributed by atoms with Gasteiger partial charge in [0, 0.05) is 31.5 Å². The van der Waals surface area contributed by atoms with E-state index in [-0.39, 0.29) is 17.9 Å². The number of esters is 1. The van der Waals surface area contributed by atoms with Gasteiger partial charge in [-0.1, -0.05) is 0 Å². The van der Waals surface area contributed by atoms with Crippen LogP contribution in [0.4, 0.5) is 4.39 Å². The van der Waals surface area contributed by atoms with Crippen molar-refractivity contribution in [3.63, 3.8) is 0 Å². The van der Waals surface area contributed by atoms with Crippen LogP contribution in [0.5, 0.6) is 5.75 Å². The lowest BCUT2D eigenvalue weighted by molar-refractivity contribution is -0.146. The molecule has 114 valence electrons. The van der Waals surface area contributed by atoms with Crippen LogP contribution in [-0.2, 0) is 16.0 Å². The Bertz CT molecular complexity index is 550. The van der Waals surface area contributed by atoms with Crippen molar-refractivity contribution in [1.82, 2.24) is 4.90 Å². The molecule has 1 fully saturated rings. The SMILES string of the molecule is COC(=O)C1CC(O)CN1CC1Cc2cc(F)ccc2O1. The topological polar surface area (TPSA) is 59.0 Å². The summed E-state index contributed by atoms with van der Waals surface area (Å²) < 4.78 is 23.7. The number of fused-ring (bicyclic) bond motifs is 1. The number of methoxy groups -OCH3 is 1. The molecule has 0 amide bonds. The maximum atomic E-state index is 13.2. The number of rotatable bonds is 3. The minimum atomic E-state index is -0.532. The lowest BCUT2D eigenvalue weighted by atomic mass is 10.1. The minimum absolute atomic E-state index is 0.140. The Morgan fingerprint density at radius 1 is 1.57 bits per heavy atom. The Hall–Kier alpha value is -1.66. The van der Waals surface area contributed by atoms with Gasteiger partial charge in [0.2, 0.25) is 0 Å². The fourth-order valence-corrected chi connectivity index (χ4v) is 3.11. The zero-order chi connectivity index (χ0) is 15.0. The van der Waals surface area contributed by atoms with Crippen molar-refractivity contribution in [2.24, 2.45) is 0 Å². The first-order chi connectivity index (χ1) is 10.1. The fraction of sp³-hybridized carbons (Fsp3) is 0.533. The molecule has 21 heavy (non-hydrogen) atoms. The predicted octanol–water partition coefficient (Wildman–Crippen LogP) is 0.737. The summed E-state index contributed by atoms with van der Waals surface area (Å²) in [5, 5.41) is 9.76. The number of hydrogen-bond acceptors (Lipinski definition) is 5. The summed E-state index contributed by atoms with van der Waals surface area (Å²) in [5.74, 6) is 0.0749. The number of carbonyl (C=O) groups is 1. The Balaban J connectivity index is 1.66. The molecular formula is C15H18FNO4. The van der Waals surface area contributed by atoms with Crippen molar-refractivity contribution in [3.8, 4) is 5.75 Å². The van der Waals surface area contributed by atoms with E-state index in [1.807, 2.05) is 4.90 Å². The lowest BCUT2D eigenvalue weighted by Gasteiger charge is -2.24. The van der Waals surface area contributed by atoms with E-state index in [0.717, 1.165) is 5.56 Å². The van der Waals surface area contributed by atoms with Gasteiger partial charge in [0.1, 0.15) is 23.7 Å². The summed E-state index contributed by atoms with van der Waals surface area (Å²) in [4.78, 5) is 13.6. The van der Waals surface area contributed by atoms with E-state index in [1.165, 1.54) is 19.2 Å². The molecule has 0 radical (unpaired) electrons. The van der Waals surface area contributed by atoms with E-state index in [2.05, 4.69) is 0 Å². The van der Waals surface area contributed by atoms with Crippen LogP contribution in [0.15, 0.2) is 18.2 Å². The van der Waals surface area contributed by atoms with Crippen LogP contribution < -0.4 is 4.74 Å². The molecule has 3 unspecified atom stereocenters. The molecule has 1 aromatic carbocycles. The number of ether oxygens (including phenoxy) is 2. The second-order valence-electron chi connectivity index (χ2n) is 5.58. The van der Waals surface area contributed by atoms with Crippen molar-refractivity contribution in [2.45, 2.75) is 31.1 Å². The third kappa shape index (κ3) is 2.87. The molecule has 0 aromatic heterocycles. The fourth-order valence-electron chi connectivity index (χ4n) is 3.11. The number of carbonyl (C=O) groups excluding carboxylic acids is 1. The minimum Gasteiger partial charge on any atom is -0.488 e. The Morgan fingerprint density at radius 2 is 2.38 bits per heavy atom. The smallest absolute Gasteiger partial charge is 0.323 e. The van der Waals surface area contributed by atoms with E-state index in [9.17, 15) is 14.3 Å². The van der Waals surface area contributed by atoms with Gasteiger partial charge in [-0.25, -0.2) is 4.39 Å². The number of halogens is 1. The van der Waals surface area contributed by atoms with Gasteiger partial charge >= 0.3 is 5.97 Å². The van der Waals surface area contributed by atoms with Crippen LogP contribution in [0.3, 0.4) is 0 Å². The summed E-state index contributed by atoms with van der Waals surface area (Å²) in [7, 11) is 1.34.